The number of carbonyl (C=O) groups is 3. The van der Waals surface area contributed by atoms with E-state index in [2.05, 4.69) is 10.6 Å². The molecule has 1 aromatic heterocycles. The van der Waals surface area contributed by atoms with Gasteiger partial charge in [-0.05, 0) is 34.4 Å². The molecular formula is C18H17N3O3S. The van der Waals surface area contributed by atoms with Crippen molar-refractivity contribution in [2.24, 2.45) is 0 Å². The summed E-state index contributed by atoms with van der Waals surface area (Å²) in [5, 5.41) is 9.45. The average Bonchev–Trinajstić information content (AvgIpc) is 3.24. The predicted octanol–water partition coefficient (Wildman–Crippen LogP) is 2.36. The molecular weight excluding hydrogens is 338 g/mol. The van der Waals surface area contributed by atoms with E-state index in [4.69, 9.17) is 0 Å². The smallest absolute Gasteiger partial charge is 0.325 e. The van der Waals surface area contributed by atoms with Crippen LogP contribution in [-0.4, -0.2) is 28.8 Å². The third-order valence-electron chi connectivity index (χ3n) is 4.71. The van der Waals surface area contributed by atoms with Crippen LogP contribution in [-0.2, 0) is 9.59 Å². The minimum atomic E-state index is -0.646. The molecule has 3 atom stereocenters. The Bertz CT molecular complexity index is 806. The topological polar surface area (TPSA) is 78.5 Å². The zero-order valence-corrected chi connectivity index (χ0v) is 14.2. The highest BCUT2D eigenvalue weighted by Crippen LogP contribution is 2.33. The monoisotopic (exact) mass is 355 g/mol. The van der Waals surface area contributed by atoms with Crippen molar-refractivity contribution in [3.05, 3.63) is 58.3 Å². The van der Waals surface area contributed by atoms with E-state index in [-0.39, 0.29) is 11.8 Å². The van der Waals surface area contributed by atoms with E-state index in [1.807, 2.05) is 47.2 Å². The molecule has 2 fully saturated rings. The molecule has 2 saturated heterocycles. The van der Waals surface area contributed by atoms with Crippen molar-refractivity contribution in [3.8, 4) is 0 Å². The van der Waals surface area contributed by atoms with Crippen molar-refractivity contribution in [2.75, 3.05) is 0 Å². The molecule has 2 aliphatic rings. The summed E-state index contributed by atoms with van der Waals surface area (Å²) in [6, 6.07) is 9.47. The molecule has 0 bridgehead atoms. The molecule has 4 rings (SSSR count). The summed E-state index contributed by atoms with van der Waals surface area (Å²) in [7, 11) is 0. The highest BCUT2D eigenvalue weighted by Gasteiger charge is 2.47. The number of hydrogen-bond donors (Lipinski definition) is 2. The minimum Gasteiger partial charge on any atom is -0.347 e. The van der Waals surface area contributed by atoms with Gasteiger partial charge in [0.25, 0.3) is 5.91 Å². The van der Waals surface area contributed by atoms with E-state index in [0.29, 0.717) is 12.8 Å². The molecule has 1 aromatic carbocycles. The summed E-state index contributed by atoms with van der Waals surface area (Å²) in [4.78, 5) is 38.6. The van der Waals surface area contributed by atoms with Crippen LogP contribution in [0.1, 0.15) is 36.1 Å². The van der Waals surface area contributed by atoms with Crippen LogP contribution in [0.5, 0.6) is 0 Å². The fourth-order valence-electron chi connectivity index (χ4n) is 3.50. The van der Waals surface area contributed by atoms with Gasteiger partial charge in [0, 0.05) is 6.42 Å². The first kappa shape index (κ1) is 15.8. The van der Waals surface area contributed by atoms with Crippen molar-refractivity contribution in [3.63, 3.8) is 0 Å². The van der Waals surface area contributed by atoms with E-state index >= 15 is 0 Å². The van der Waals surface area contributed by atoms with Crippen LogP contribution in [0.25, 0.3) is 0 Å². The third kappa shape index (κ3) is 2.80. The first-order valence-corrected chi connectivity index (χ1v) is 9.09. The molecule has 0 aliphatic carbocycles. The summed E-state index contributed by atoms with van der Waals surface area (Å²) >= 11 is 1.49. The number of benzene rings is 1. The van der Waals surface area contributed by atoms with Crippen LogP contribution in [0.4, 0.5) is 4.79 Å². The van der Waals surface area contributed by atoms with Crippen molar-refractivity contribution >= 4 is 29.2 Å². The molecule has 0 saturated carbocycles. The Morgan fingerprint density at radius 1 is 1.00 bits per heavy atom. The number of rotatable bonds is 3. The largest absolute Gasteiger partial charge is 0.347 e. The number of nitrogens with one attached hydrogen (secondary N) is 2. The molecule has 2 N–H and O–H groups in total. The van der Waals surface area contributed by atoms with Crippen LogP contribution in [0.2, 0.25) is 0 Å². The van der Waals surface area contributed by atoms with Gasteiger partial charge in [-0.25, -0.2) is 4.79 Å². The number of urea groups is 1. The summed E-state index contributed by atoms with van der Waals surface area (Å²) < 4.78 is 0. The Morgan fingerprint density at radius 3 is 2.52 bits per heavy atom. The van der Waals surface area contributed by atoms with Crippen molar-refractivity contribution in [2.45, 2.75) is 31.0 Å². The summed E-state index contributed by atoms with van der Waals surface area (Å²) in [5.41, 5.74) is 1.68. The number of imide groups is 1. The van der Waals surface area contributed by atoms with Gasteiger partial charge in [0.05, 0.1) is 12.1 Å². The lowest BCUT2D eigenvalue weighted by atomic mass is 9.90. The molecule has 3 heterocycles. The maximum absolute atomic E-state index is 12.9. The fraction of sp³-hybridized carbons (Fsp3) is 0.278. The van der Waals surface area contributed by atoms with Gasteiger partial charge in [-0.3, -0.25) is 14.5 Å². The standard InChI is InChI=1S/C18H17N3O3S/c22-14-7-6-13(15(19-14)11-4-2-1-3-5-11)21-17(23)16(20-18(21)24)12-8-9-25-10-12/h1-5,8-10,13,15-16H,6-7H2,(H,19,22)(H,20,24)/t13-,15+,16?/m1/s1. The molecule has 6 nitrogen and oxygen atoms in total. The Balaban J connectivity index is 1.65. The van der Waals surface area contributed by atoms with Gasteiger partial charge in [0.2, 0.25) is 5.91 Å². The first-order valence-electron chi connectivity index (χ1n) is 8.15. The summed E-state index contributed by atoms with van der Waals surface area (Å²) in [6.07, 6.45) is 0.759. The van der Waals surface area contributed by atoms with E-state index < -0.39 is 24.2 Å². The predicted molar refractivity (Wildman–Crippen MR) is 92.8 cm³/mol. The van der Waals surface area contributed by atoms with Gasteiger partial charge in [0.1, 0.15) is 6.04 Å². The van der Waals surface area contributed by atoms with E-state index in [1.54, 1.807) is 0 Å². The summed E-state index contributed by atoms with van der Waals surface area (Å²) in [6.45, 7) is 0. The van der Waals surface area contributed by atoms with Crippen molar-refractivity contribution < 1.29 is 14.4 Å². The SMILES string of the molecule is O=C1CC[C@@H](N2C(=O)NC(c3ccsc3)C2=O)[C@H](c2ccccc2)N1. The second kappa shape index (κ2) is 6.33. The number of amides is 4. The molecule has 4 amide bonds. The van der Waals surface area contributed by atoms with Gasteiger partial charge < -0.3 is 10.6 Å². The number of piperidine rings is 1. The number of thiophene rings is 1. The molecule has 2 aromatic rings. The highest BCUT2D eigenvalue weighted by molar-refractivity contribution is 7.08. The Hall–Kier alpha value is -2.67. The van der Waals surface area contributed by atoms with E-state index in [0.717, 1.165) is 11.1 Å². The maximum atomic E-state index is 12.9. The zero-order valence-electron chi connectivity index (χ0n) is 13.3. The van der Waals surface area contributed by atoms with Crippen LogP contribution < -0.4 is 10.6 Å². The number of carbonyl (C=O) groups excluding carboxylic acids is 3. The highest BCUT2D eigenvalue weighted by atomic mass is 32.1. The van der Waals surface area contributed by atoms with Gasteiger partial charge in [-0.1, -0.05) is 30.3 Å². The normalized spacial score (nSPS) is 26.5. The maximum Gasteiger partial charge on any atom is 0.325 e. The quantitative estimate of drug-likeness (QED) is 0.830. The molecule has 0 radical (unpaired) electrons. The zero-order chi connectivity index (χ0) is 17.4. The van der Waals surface area contributed by atoms with Gasteiger partial charge >= 0.3 is 6.03 Å². The Labute approximate surface area is 148 Å². The summed E-state index contributed by atoms with van der Waals surface area (Å²) in [5.74, 6) is -0.322. The van der Waals surface area contributed by atoms with Crippen LogP contribution in [0, 0.1) is 0 Å². The van der Waals surface area contributed by atoms with Gasteiger partial charge in [0.15, 0.2) is 0 Å². The molecule has 128 valence electrons. The van der Waals surface area contributed by atoms with Gasteiger partial charge in [-0.15, -0.1) is 0 Å². The number of hydrogen-bond acceptors (Lipinski definition) is 4. The molecule has 0 spiro atoms. The van der Waals surface area contributed by atoms with E-state index in [1.165, 1.54) is 16.2 Å². The van der Waals surface area contributed by atoms with Crippen LogP contribution in [0.3, 0.4) is 0 Å². The molecule has 1 unspecified atom stereocenters. The Kier molecular flexibility index (Phi) is 4.01. The fourth-order valence-corrected chi connectivity index (χ4v) is 4.19. The lowest BCUT2D eigenvalue weighted by Gasteiger charge is -2.36. The molecule has 7 heteroatoms. The van der Waals surface area contributed by atoms with Gasteiger partial charge in [-0.2, -0.15) is 11.3 Å². The third-order valence-corrected chi connectivity index (χ3v) is 5.41. The molecule has 2 aliphatic heterocycles. The second-order valence-corrected chi connectivity index (χ2v) is 6.99. The first-order chi connectivity index (χ1) is 12.1. The lowest BCUT2D eigenvalue weighted by Crippen LogP contribution is -2.52. The van der Waals surface area contributed by atoms with Crippen LogP contribution in [0.15, 0.2) is 47.2 Å². The second-order valence-electron chi connectivity index (χ2n) is 6.21. The minimum absolute atomic E-state index is 0.0634. The van der Waals surface area contributed by atoms with Crippen molar-refractivity contribution in [1.82, 2.24) is 15.5 Å². The number of nitrogens with zero attached hydrogens (tertiary/aromatic N) is 1. The average molecular weight is 355 g/mol. The van der Waals surface area contributed by atoms with Crippen molar-refractivity contribution in [1.29, 1.82) is 0 Å². The van der Waals surface area contributed by atoms with E-state index in [9.17, 15) is 14.4 Å². The Morgan fingerprint density at radius 2 is 1.80 bits per heavy atom. The van der Waals surface area contributed by atoms with Crippen LogP contribution >= 0.6 is 11.3 Å². The lowest BCUT2D eigenvalue weighted by molar-refractivity contribution is -0.133. The molecule has 25 heavy (non-hydrogen) atoms.